The van der Waals surface area contributed by atoms with Crippen molar-refractivity contribution in [1.29, 1.82) is 0 Å². The number of ether oxygens (including phenoxy) is 1. The Bertz CT molecular complexity index is 516. The van der Waals surface area contributed by atoms with Crippen molar-refractivity contribution in [2.45, 2.75) is 44.8 Å². The molecule has 116 valence electrons. The molecule has 1 aliphatic heterocycles. The van der Waals surface area contributed by atoms with Gasteiger partial charge in [-0.3, -0.25) is 0 Å². The van der Waals surface area contributed by atoms with Crippen LogP contribution in [0, 0.1) is 0 Å². The lowest BCUT2D eigenvalue weighted by molar-refractivity contribution is -0.0356. The number of aliphatic hydroxyl groups is 1. The highest BCUT2D eigenvalue weighted by molar-refractivity contribution is 6.30. The summed E-state index contributed by atoms with van der Waals surface area (Å²) in [6.45, 7) is 6.47. The van der Waals surface area contributed by atoms with E-state index in [1.54, 1.807) is 17.0 Å². The predicted octanol–water partition coefficient (Wildman–Crippen LogP) is 3.56. The SMILES string of the molecule is CC(C)(C)OC(=O)N1CCC(O)(c2cccc(Cl)c2)CC1. The van der Waals surface area contributed by atoms with Crippen molar-refractivity contribution >= 4 is 17.7 Å². The Morgan fingerprint density at radius 2 is 1.95 bits per heavy atom. The van der Waals surface area contributed by atoms with Crippen molar-refractivity contribution in [2.24, 2.45) is 0 Å². The zero-order valence-electron chi connectivity index (χ0n) is 12.7. The van der Waals surface area contributed by atoms with Crippen molar-refractivity contribution in [1.82, 2.24) is 4.90 Å². The molecule has 0 bridgehead atoms. The van der Waals surface area contributed by atoms with E-state index in [-0.39, 0.29) is 6.09 Å². The van der Waals surface area contributed by atoms with Crippen molar-refractivity contribution in [3.8, 4) is 0 Å². The molecule has 0 radical (unpaired) electrons. The van der Waals surface area contributed by atoms with Gasteiger partial charge in [0.2, 0.25) is 0 Å². The molecule has 0 saturated carbocycles. The van der Waals surface area contributed by atoms with E-state index in [2.05, 4.69) is 0 Å². The number of rotatable bonds is 1. The van der Waals surface area contributed by atoms with Crippen LogP contribution in [0.15, 0.2) is 24.3 Å². The zero-order chi connectivity index (χ0) is 15.7. The summed E-state index contributed by atoms with van der Waals surface area (Å²) in [7, 11) is 0. The summed E-state index contributed by atoms with van der Waals surface area (Å²) in [5.74, 6) is 0. The van der Waals surface area contributed by atoms with Gasteiger partial charge in [-0.2, -0.15) is 0 Å². The lowest BCUT2D eigenvalue weighted by atomic mass is 9.84. The summed E-state index contributed by atoms with van der Waals surface area (Å²) in [6.07, 6.45) is 0.634. The van der Waals surface area contributed by atoms with Crippen molar-refractivity contribution in [3.63, 3.8) is 0 Å². The number of carbonyl (C=O) groups is 1. The third-order valence-corrected chi connectivity index (χ3v) is 3.84. The second-order valence-corrected chi connectivity index (χ2v) is 6.95. The van der Waals surface area contributed by atoms with Crippen LogP contribution in [-0.4, -0.2) is 34.8 Å². The van der Waals surface area contributed by atoms with Crippen LogP contribution in [0.3, 0.4) is 0 Å². The van der Waals surface area contributed by atoms with Gasteiger partial charge in [-0.05, 0) is 51.3 Å². The molecule has 1 N–H and O–H groups in total. The molecule has 0 aromatic heterocycles. The monoisotopic (exact) mass is 311 g/mol. The summed E-state index contributed by atoms with van der Waals surface area (Å²) in [5.41, 5.74) is -0.625. The summed E-state index contributed by atoms with van der Waals surface area (Å²) < 4.78 is 5.35. The van der Waals surface area contributed by atoms with Crippen LogP contribution in [0.1, 0.15) is 39.2 Å². The maximum Gasteiger partial charge on any atom is 0.410 e. The van der Waals surface area contributed by atoms with E-state index >= 15 is 0 Å². The van der Waals surface area contributed by atoms with E-state index in [1.165, 1.54) is 0 Å². The number of hydrogen-bond acceptors (Lipinski definition) is 3. The Hall–Kier alpha value is -1.26. The molecular weight excluding hydrogens is 290 g/mol. The number of halogens is 1. The van der Waals surface area contributed by atoms with E-state index in [9.17, 15) is 9.90 Å². The molecule has 0 unspecified atom stereocenters. The van der Waals surface area contributed by atoms with Gasteiger partial charge in [-0.1, -0.05) is 23.7 Å². The van der Waals surface area contributed by atoms with Crippen LogP contribution in [0.25, 0.3) is 0 Å². The third-order valence-electron chi connectivity index (χ3n) is 3.60. The van der Waals surface area contributed by atoms with Crippen LogP contribution in [0.4, 0.5) is 4.79 Å². The molecule has 0 atom stereocenters. The summed E-state index contributed by atoms with van der Waals surface area (Å²) in [6, 6.07) is 7.26. The van der Waals surface area contributed by atoms with E-state index in [0.29, 0.717) is 31.0 Å². The molecule has 5 heteroatoms. The molecule has 0 spiro atoms. The Kier molecular flexibility index (Phi) is 4.49. The van der Waals surface area contributed by atoms with Crippen LogP contribution < -0.4 is 0 Å². The number of carbonyl (C=O) groups excluding carboxylic acids is 1. The van der Waals surface area contributed by atoms with E-state index in [0.717, 1.165) is 5.56 Å². The number of amides is 1. The molecule has 1 fully saturated rings. The van der Waals surface area contributed by atoms with Gasteiger partial charge in [0.05, 0.1) is 5.60 Å². The van der Waals surface area contributed by atoms with Crippen LogP contribution in [-0.2, 0) is 10.3 Å². The molecule has 1 aromatic carbocycles. The smallest absolute Gasteiger partial charge is 0.410 e. The number of benzene rings is 1. The maximum atomic E-state index is 12.0. The molecule has 4 nitrogen and oxygen atoms in total. The summed E-state index contributed by atoms with van der Waals surface area (Å²) in [4.78, 5) is 13.7. The van der Waals surface area contributed by atoms with Gasteiger partial charge in [0, 0.05) is 18.1 Å². The van der Waals surface area contributed by atoms with Gasteiger partial charge in [-0.25, -0.2) is 4.79 Å². The Morgan fingerprint density at radius 3 is 2.48 bits per heavy atom. The Balaban J connectivity index is 2.01. The van der Waals surface area contributed by atoms with Crippen molar-refractivity contribution in [3.05, 3.63) is 34.9 Å². The molecule has 1 aliphatic rings. The molecule has 21 heavy (non-hydrogen) atoms. The standard InChI is InChI=1S/C16H22ClNO3/c1-15(2,3)21-14(19)18-9-7-16(20,8-10-18)12-5-4-6-13(17)11-12/h4-6,11,20H,7-10H2,1-3H3. The van der Waals surface area contributed by atoms with Crippen molar-refractivity contribution < 1.29 is 14.6 Å². The molecule has 1 amide bonds. The Morgan fingerprint density at radius 1 is 1.33 bits per heavy atom. The fourth-order valence-corrected chi connectivity index (χ4v) is 2.64. The average Bonchev–Trinajstić information content (AvgIpc) is 2.37. The minimum Gasteiger partial charge on any atom is -0.444 e. The first-order chi connectivity index (χ1) is 9.70. The highest BCUT2D eigenvalue weighted by atomic mass is 35.5. The molecule has 1 heterocycles. The minimum atomic E-state index is -0.927. The van der Waals surface area contributed by atoms with Gasteiger partial charge in [0.25, 0.3) is 0 Å². The molecule has 2 rings (SSSR count). The van der Waals surface area contributed by atoms with Crippen LogP contribution in [0.2, 0.25) is 5.02 Å². The van der Waals surface area contributed by atoms with E-state index in [1.807, 2.05) is 32.9 Å². The number of hydrogen-bond donors (Lipinski definition) is 1. The van der Waals surface area contributed by atoms with Gasteiger partial charge < -0.3 is 14.7 Å². The Labute approximate surface area is 130 Å². The van der Waals surface area contributed by atoms with Crippen molar-refractivity contribution in [2.75, 3.05) is 13.1 Å². The molecule has 1 aromatic rings. The third kappa shape index (κ3) is 4.11. The highest BCUT2D eigenvalue weighted by Crippen LogP contribution is 2.34. The van der Waals surface area contributed by atoms with Crippen LogP contribution in [0.5, 0.6) is 0 Å². The largest absolute Gasteiger partial charge is 0.444 e. The number of piperidine rings is 1. The number of likely N-dealkylation sites (tertiary alicyclic amines) is 1. The van der Waals surface area contributed by atoms with Gasteiger partial charge in [-0.15, -0.1) is 0 Å². The minimum absolute atomic E-state index is 0.323. The number of nitrogens with zero attached hydrogens (tertiary/aromatic N) is 1. The van der Waals surface area contributed by atoms with E-state index < -0.39 is 11.2 Å². The quantitative estimate of drug-likeness (QED) is 0.862. The molecule has 0 aliphatic carbocycles. The average molecular weight is 312 g/mol. The van der Waals surface area contributed by atoms with Gasteiger partial charge in [0.15, 0.2) is 0 Å². The van der Waals surface area contributed by atoms with Gasteiger partial charge in [0.1, 0.15) is 5.60 Å². The van der Waals surface area contributed by atoms with Crippen LogP contribution >= 0.6 is 11.6 Å². The topological polar surface area (TPSA) is 49.8 Å². The first-order valence-corrected chi connectivity index (χ1v) is 7.54. The fraction of sp³-hybridized carbons (Fsp3) is 0.562. The second kappa shape index (κ2) is 5.85. The first kappa shape index (κ1) is 16.1. The normalized spacial score (nSPS) is 18.4. The molecule has 1 saturated heterocycles. The zero-order valence-corrected chi connectivity index (χ0v) is 13.5. The maximum absolute atomic E-state index is 12.0. The predicted molar refractivity (Wildman–Crippen MR) is 82.4 cm³/mol. The first-order valence-electron chi connectivity index (χ1n) is 7.16. The lowest BCUT2D eigenvalue weighted by Gasteiger charge is -2.39. The summed E-state index contributed by atoms with van der Waals surface area (Å²) >= 11 is 5.98. The highest BCUT2D eigenvalue weighted by Gasteiger charge is 2.36. The summed E-state index contributed by atoms with van der Waals surface area (Å²) in [5, 5.41) is 11.4. The lowest BCUT2D eigenvalue weighted by Crippen LogP contribution is -2.46. The van der Waals surface area contributed by atoms with E-state index in [4.69, 9.17) is 16.3 Å². The fourth-order valence-electron chi connectivity index (χ4n) is 2.45. The second-order valence-electron chi connectivity index (χ2n) is 6.51. The van der Waals surface area contributed by atoms with Gasteiger partial charge >= 0.3 is 6.09 Å². The molecular formula is C16H22ClNO3.